The molecule has 1 aromatic rings. The van der Waals surface area contributed by atoms with Crippen LogP contribution in [-0.4, -0.2) is 77.2 Å². The van der Waals surface area contributed by atoms with Crippen LogP contribution in [0.15, 0.2) is 29.3 Å². The molecule has 1 saturated carbocycles. The summed E-state index contributed by atoms with van der Waals surface area (Å²) >= 11 is 1.39. The minimum Gasteiger partial charge on any atom is -0.351 e. The molecule has 2 N–H and O–H groups in total. The minimum absolute atomic E-state index is 0.0237. The Kier molecular flexibility index (Phi) is 7.93. The van der Waals surface area contributed by atoms with Crippen molar-refractivity contribution in [2.24, 2.45) is 4.99 Å². The van der Waals surface area contributed by atoms with Gasteiger partial charge in [-0.15, -0.1) is 0 Å². The largest absolute Gasteiger partial charge is 0.351 e. The summed E-state index contributed by atoms with van der Waals surface area (Å²) in [5.74, 6) is -0.571. The molecule has 0 aromatic heterocycles. The first-order valence-corrected chi connectivity index (χ1v) is 13.1. The smallest absolute Gasteiger partial charge is 0.262 e. The highest BCUT2D eigenvalue weighted by atomic mass is 32.2. The van der Waals surface area contributed by atoms with E-state index in [1.54, 1.807) is 24.3 Å². The van der Waals surface area contributed by atoms with Gasteiger partial charge in [-0.25, -0.2) is 0 Å². The summed E-state index contributed by atoms with van der Waals surface area (Å²) < 4.78 is 0. The van der Waals surface area contributed by atoms with Crippen LogP contribution in [0.1, 0.15) is 61.7 Å². The second-order valence-corrected chi connectivity index (χ2v) is 10.9. The first-order chi connectivity index (χ1) is 16.4. The van der Waals surface area contributed by atoms with E-state index in [-0.39, 0.29) is 29.7 Å². The van der Waals surface area contributed by atoms with E-state index in [1.807, 2.05) is 0 Å². The van der Waals surface area contributed by atoms with E-state index in [0.29, 0.717) is 17.8 Å². The number of likely N-dealkylation sites (N-methyl/N-ethyl adjacent to an activating group) is 1. The number of benzene rings is 1. The number of likely N-dealkylation sites (tertiary alicyclic amines) is 1. The number of aliphatic imine (C=N–C) groups is 1. The van der Waals surface area contributed by atoms with Crippen LogP contribution in [0.25, 0.3) is 0 Å². The van der Waals surface area contributed by atoms with Crippen molar-refractivity contribution in [1.82, 2.24) is 15.1 Å². The molecule has 1 aromatic carbocycles. The van der Waals surface area contributed by atoms with Gasteiger partial charge in [0.15, 0.2) is 5.17 Å². The second kappa shape index (κ2) is 10.9. The SMILES string of the molecule is CN(C)C1(CNC(=O)c2ccc(NC(=O)CC3SC(N4CCCC4)=NC3=O)cc2)CCCCC1. The predicted molar refractivity (Wildman–Crippen MR) is 136 cm³/mol. The molecule has 2 aliphatic heterocycles. The molecular weight excluding hydrogens is 450 g/mol. The number of carbonyl (C=O) groups excluding carboxylic acids is 3. The summed E-state index contributed by atoms with van der Waals surface area (Å²) in [4.78, 5) is 46.0. The zero-order valence-corrected chi connectivity index (χ0v) is 21.0. The maximum atomic E-state index is 12.7. The fraction of sp³-hybridized carbons (Fsp3) is 0.600. The number of carbonyl (C=O) groups is 3. The number of amidine groups is 1. The van der Waals surface area contributed by atoms with E-state index in [0.717, 1.165) is 43.9 Å². The molecule has 9 heteroatoms. The number of rotatable bonds is 7. The standard InChI is InChI=1S/C25H35N5O3S/c1-29(2)25(12-4-3-5-13-25)17-26-22(32)18-8-10-19(11-9-18)27-21(31)16-20-23(33)28-24(34-20)30-14-6-7-15-30/h8-11,20H,3-7,12-17H2,1-2H3,(H,26,32)(H,27,31). The molecule has 0 bridgehead atoms. The third-order valence-corrected chi connectivity index (χ3v) is 8.43. The molecule has 2 heterocycles. The highest BCUT2D eigenvalue weighted by molar-refractivity contribution is 8.15. The molecule has 184 valence electrons. The summed E-state index contributed by atoms with van der Waals surface area (Å²) in [6.45, 7) is 2.48. The lowest BCUT2D eigenvalue weighted by Gasteiger charge is -2.43. The van der Waals surface area contributed by atoms with Gasteiger partial charge in [0.05, 0.1) is 0 Å². The Morgan fingerprint density at radius 1 is 1.09 bits per heavy atom. The minimum atomic E-state index is -0.468. The lowest BCUT2D eigenvalue weighted by atomic mass is 9.80. The Bertz CT molecular complexity index is 934. The normalized spacial score (nSPS) is 22.1. The third kappa shape index (κ3) is 5.81. The molecule has 1 aliphatic carbocycles. The molecule has 1 atom stereocenters. The van der Waals surface area contributed by atoms with Gasteiger partial charge in [-0.2, -0.15) is 4.99 Å². The van der Waals surface area contributed by atoms with Gasteiger partial charge in [-0.05, 0) is 64.0 Å². The van der Waals surface area contributed by atoms with Crippen molar-refractivity contribution in [2.75, 3.05) is 39.0 Å². The van der Waals surface area contributed by atoms with Crippen LogP contribution in [0.3, 0.4) is 0 Å². The van der Waals surface area contributed by atoms with Crippen LogP contribution in [0.4, 0.5) is 5.69 Å². The van der Waals surface area contributed by atoms with Crippen molar-refractivity contribution in [3.05, 3.63) is 29.8 Å². The Balaban J connectivity index is 1.26. The molecule has 0 spiro atoms. The Labute approximate surface area is 205 Å². The number of nitrogens with zero attached hydrogens (tertiary/aromatic N) is 3. The average Bonchev–Trinajstić information content (AvgIpc) is 3.49. The highest BCUT2D eigenvalue weighted by Gasteiger charge is 2.35. The van der Waals surface area contributed by atoms with Gasteiger partial charge in [-0.3, -0.25) is 14.4 Å². The van der Waals surface area contributed by atoms with Gasteiger partial charge in [0, 0.05) is 42.8 Å². The molecule has 8 nitrogen and oxygen atoms in total. The molecule has 2 fully saturated rings. The van der Waals surface area contributed by atoms with E-state index < -0.39 is 5.25 Å². The second-order valence-electron chi connectivity index (χ2n) is 9.73. The molecule has 1 saturated heterocycles. The summed E-state index contributed by atoms with van der Waals surface area (Å²) in [6.07, 6.45) is 8.15. The number of hydrogen-bond acceptors (Lipinski definition) is 6. The Morgan fingerprint density at radius 2 is 1.76 bits per heavy atom. The summed E-state index contributed by atoms with van der Waals surface area (Å²) in [5.41, 5.74) is 1.19. The number of hydrogen-bond donors (Lipinski definition) is 2. The number of amides is 3. The van der Waals surface area contributed by atoms with Crippen LogP contribution in [0.2, 0.25) is 0 Å². The number of anilines is 1. The zero-order chi connectivity index (χ0) is 24.1. The molecule has 4 rings (SSSR count). The van der Waals surface area contributed by atoms with E-state index in [2.05, 4.69) is 39.5 Å². The lowest BCUT2D eigenvalue weighted by Crippen LogP contribution is -2.53. The van der Waals surface area contributed by atoms with Gasteiger partial charge in [0.25, 0.3) is 11.8 Å². The van der Waals surface area contributed by atoms with E-state index >= 15 is 0 Å². The van der Waals surface area contributed by atoms with Crippen LogP contribution in [-0.2, 0) is 9.59 Å². The van der Waals surface area contributed by atoms with Gasteiger partial charge in [0.2, 0.25) is 5.91 Å². The highest BCUT2D eigenvalue weighted by Crippen LogP contribution is 2.32. The van der Waals surface area contributed by atoms with Crippen molar-refractivity contribution in [2.45, 2.75) is 62.2 Å². The van der Waals surface area contributed by atoms with Crippen molar-refractivity contribution in [1.29, 1.82) is 0 Å². The van der Waals surface area contributed by atoms with Crippen molar-refractivity contribution < 1.29 is 14.4 Å². The van der Waals surface area contributed by atoms with E-state index in [9.17, 15) is 14.4 Å². The van der Waals surface area contributed by atoms with E-state index in [1.165, 1.54) is 31.0 Å². The Morgan fingerprint density at radius 3 is 2.41 bits per heavy atom. The monoisotopic (exact) mass is 485 g/mol. The zero-order valence-electron chi connectivity index (χ0n) is 20.1. The molecule has 3 amide bonds. The van der Waals surface area contributed by atoms with Crippen LogP contribution < -0.4 is 10.6 Å². The van der Waals surface area contributed by atoms with Crippen LogP contribution in [0, 0.1) is 0 Å². The predicted octanol–water partition coefficient (Wildman–Crippen LogP) is 3.10. The Hall–Kier alpha value is -2.39. The van der Waals surface area contributed by atoms with Crippen LogP contribution in [0.5, 0.6) is 0 Å². The van der Waals surface area contributed by atoms with Crippen LogP contribution >= 0.6 is 11.8 Å². The number of nitrogens with one attached hydrogen (secondary N) is 2. The van der Waals surface area contributed by atoms with Crippen molar-refractivity contribution in [3.8, 4) is 0 Å². The molecule has 34 heavy (non-hydrogen) atoms. The fourth-order valence-electron chi connectivity index (χ4n) is 4.98. The topological polar surface area (TPSA) is 94.1 Å². The van der Waals surface area contributed by atoms with Crippen molar-refractivity contribution in [3.63, 3.8) is 0 Å². The van der Waals surface area contributed by atoms with Gasteiger partial charge in [0.1, 0.15) is 5.25 Å². The number of thioether (sulfide) groups is 1. The third-order valence-electron chi connectivity index (χ3n) is 7.22. The molecule has 0 radical (unpaired) electrons. The maximum Gasteiger partial charge on any atom is 0.262 e. The molecular formula is C25H35N5O3S. The molecule has 1 unspecified atom stereocenters. The summed E-state index contributed by atoms with van der Waals surface area (Å²) in [6, 6.07) is 6.90. The van der Waals surface area contributed by atoms with Crippen molar-refractivity contribution >= 4 is 40.3 Å². The van der Waals surface area contributed by atoms with Gasteiger partial charge < -0.3 is 20.4 Å². The lowest BCUT2D eigenvalue weighted by molar-refractivity contribution is -0.121. The fourth-order valence-corrected chi connectivity index (χ4v) is 6.09. The average molecular weight is 486 g/mol. The van der Waals surface area contributed by atoms with Gasteiger partial charge in [-0.1, -0.05) is 31.0 Å². The quantitative estimate of drug-likeness (QED) is 0.616. The molecule has 3 aliphatic rings. The summed E-state index contributed by atoms with van der Waals surface area (Å²) in [7, 11) is 4.18. The summed E-state index contributed by atoms with van der Waals surface area (Å²) in [5, 5.41) is 6.23. The first kappa shape index (κ1) is 24.7. The van der Waals surface area contributed by atoms with E-state index in [4.69, 9.17) is 0 Å². The first-order valence-electron chi connectivity index (χ1n) is 12.3. The maximum absolute atomic E-state index is 12.7. The van der Waals surface area contributed by atoms with Gasteiger partial charge >= 0.3 is 0 Å².